The van der Waals surface area contributed by atoms with Crippen LogP contribution in [0.2, 0.25) is 0 Å². The number of ether oxygens (including phenoxy) is 1. The Balaban J connectivity index is 3.03. The lowest BCUT2D eigenvalue weighted by Gasteiger charge is -2.02. The van der Waals surface area contributed by atoms with Crippen molar-refractivity contribution in [3.8, 4) is 11.8 Å². The molecular weight excluding hydrogens is 166 g/mol. The Morgan fingerprint density at radius 1 is 1.46 bits per heavy atom. The average molecular weight is 175 g/mol. The van der Waals surface area contributed by atoms with Crippen molar-refractivity contribution < 1.29 is 9.53 Å². The van der Waals surface area contributed by atoms with Gasteiger partial charge in [-0.3, -0.25) is 4.79 Å². The molecule has 0 aliphatic rings. The summed E-state index contributed by atoms with van der Waals surface area (Å²) in [5.74, 6) is 0.0403. The number of carbonyl (C=O) groups is 1. The van der Waals surface area contributed by atoms with Gasteiger partial charge in [-0.25, -0.2) is 0 Å². The number of nitrogens with zero attached hydrogens (tertiary/aromatic N) is 1. The van der Waals surface area contributed by atoms with E-state index in [0.717, 1.165) is 5.56 Å². The van der Waals surface area contributed by atoms with Crippen LogP contribution < -0.4 is 4.74 Å². The van der Waals surface area contributed by atoms with Gasteiger partial charge in [-0.1, -0.05) is 0 Å². The van der Waals surface area contributed by atoms with Gasteiger partial charge in [0, 0.05) is 6.92 Å². The average Bonchev–Trinajstić information content (AvgIpc) is 2.01. The van der Waals surface area contributed by atoms with Crippen LogP contribution in [0.5, 0.6) is 5.75 Å². The molecule has 0 amide bonds. The molecule has 0 aromatic heterocycles. The molecule has 0 aliphatic heterocycles. The molecule has 0 N–H and O–H groups in total. The first-order valence-electron chi connectivity index (χ1n) is 3.82. The van der Waals surface area contributed by atoms with Crippen molar-refractivity contribution in [3.63, 3.8) is 0 Å². The van der Waals surface area contributed by atoms with Crippen LogP contribution >= 0.6 is 0 Å². The summed E-state index contributed by atoms with van der Waals surface area (Å²) in [7, 11) is 0. The van der Waals surface area contributed by atoms with Crippen LogP contribution in [-0.4, -0.2) is 5.97 Å². The van der Waals surface area contributed by atoms with Gasteiger partial charge in [-0.15, -0.1) is 0 Å². The largest absolute Gasteiger partial charge is 0.427 e. The SMILES string of the molecule is CC(=O)Oc1cc(C)cc(C#N)c1. The lowest BCUT2D eigenvalue weighted by molar-refractivity contribution is -0.131. The normalized spacial score (nSPS) is 9.00. The van der Waals surface area contributed by atoms with Crippen LogP contribution in [0.25, 0.3) is 0 Å². The van der Waals surface area contributed by atoms with Crippen molar-refractivity contribution in [2.24, 2.45) is 0 Å². The van der Waals surface area contributed by atoms with Crippen molar-refractivity contribution >= 4 is 5.97 Å². The first-order valence-corrected chi connectivity index (χ1v) is 3.82. The van der Waals surface area contributed by atoms with Gasteiger partial charge < -0.3 is 4.74 Å². The lowest BCUT2D eigenvalue weighted by atomic mass is 10.1. The number of aryl methyl sites for hydroxylation is 1. The number of benzene rings is 1. The third kappa shape index (κ3) is 2.60. The summed E-state index contributed by atoms with van der Waals surface area (Å²) in [5.41, 5.74) is 1.39. The Hall–Kier alpha value is -1.82. The molecule has 1 rings (SSSR count). The minimum Gasteiger partial charge on any atom is -0.427 e. The first-order chi connectivity index (χ1) is 6.11. The molecule has 0 fully saturated rings. The van der Waals surface area contributed by atoms with Crippen molar-refractivity contribution in [2.45, 2.75) is 13.8 Å². The third-order valence-electron chi connectivity index (χ3n) is 1.44. The van der Waals surface area contributed by atoms with E-state index in [9.17, 15) is 4.79 Å². The van der Waals surface area contributed by atoms with Gasteiger partial charge >= 0.3 is 5.97 Å². The maximum Gasteiger partial charge on any atom is 0.308 e. The molecule has 3 nitrogen and oxygen atoms in total. The highest BCUT2D eigenvalue weighted by molar-refractivity contribution is 5.69. The van der Waals surface area contributed by atoms with Crippen molar-refractivity contribution in [2.75, 3.05) is 0 Å². The predicted molar refractivity (Wildman–Crippen MR) is 47.2 cm³/mol. The van der Waals surface area contributed by atoms with Gasteiger partial charge in [-0.05, 0) is 30.7 Å². The summed E-state index contributed by atoms with van der Waals surface area (Å²) in [6.07, 6.45) is 0. The number of hydrogen-bond donors (Lipinski definition) is 0. The maximum absolute atomic E-state index is 10.6. The summed E-state index contributed by atoms with van der Waals surface area (Å²) in [6, 6.07) is 6.97. The van der Waals surface area contributed by atoms with E-state index in [1.165, 1.54) is 13.0 Å². The van der Waals surface area contributed by atoms with Crippen LogP contribution in [-0.2, 0) is 4.79 Å². The quantitative estimate of drug-likeness (QED) is 0.483. The molecule has 0 spiro atoms. The number of rotatable bonds is 1. The molecule has 13 heavy (non-hydrogen) atoms. The Morgan fingerprint density at radius 3 is 2.69 bits per heavy atom. The zero-order chi connectivity index (χ0) is 9.84. The van der Waals surface area contributed by atoms with Gasteiger partial charge in [0.2, 0.25) is 0 Å². The minimum absolute atomic E-state index is 0.380. The molecule has 3 heteroatoms. The van der Waals surface area contributed by atoms with Gasteiger partial charge in [0.1, 0.15) is 5.75 Å². The number of carbonyl (C=O) groups excluding carboxylic acids is 1. The highest BCUT2D eigenvalue weighted by Gasteiger charge is 2.00. The number of nitriles is 1. The molecule has 66 valence electrons. The lowest BCUT2D eigenvalue weighted by Crippen LogP contribution is -2.01. The first kappa shape index (κ1) is 9.27. The van der Waals surface area contributed by atoms with Gasteiger partial charge in [0.05, 0.1) is 11.6 Å². The fourth-order valence-corrected chi connectivity index (χ4v) is 1.04. The van der Waals surface area contributed by atoms with Gasteiger partial charge in [0.15, 0.2) is 0 Å². The molecule has 0 saturated carbocycles. The second-order valence-corrected chi connectivity index (χ2v) is 2.74. The second-order valence-electron chi connectivity index (χ2n) is 2.74. The van der Waals surface area contributed by atoms with Crippen LogP contribution in [0.15, 0.2) is 18.2 Å². The molecule has 0 bridgehead atoms. The fourth-order valence-electron chi connectivity index (χ4n) is 1.04. The van der Waals surface area contributed by atoms with Crippen LogP contribution in [0.1, 0.15) is 18.1 Å². The minimum atomic E-state index is -0.380. The molecule has 1 aromatic rings. The summed E-state index contributed by atoms with van der Waals surface area (Å²) in [5, 5.41) is 8.63. The zero-order valence-electron chi connectivity index (χ0n) is 7.50. The Morgan fingerprint density at radius 2 is 2.15 bits per heavy atom. The highest BCUT2D eigenvalue weighted by Crippen LogP contribution is 2.16. The van der Waals surface area contributed by atoms with E-state index in [-0.39, 0.29) is 5.97 Å². The topological polar surface area (TPSA) is 50.1 Å². The summed E-state index contributed by atoms with van der Waals surface area (Å²) < 4.78 is 4.85. The fraction of sp³-hybridized carbons (Fsp3) is 0.200. The van der Waals surface area contributed by atoms with Crippen molar-refractivity contribution in [3.05, 3.63) is 29.3 Å². The molecule has 0 atom stereocenters. The summed E-state index contributed by atoms with van der Waals surface area (Å²) in [6.45, 7) is 3.17. The maximum atomic E-state index is 10.6. The molecule has 1 aromatic carbocycles. The monoisotopic (exact) mass is 175 g/mol. The van der Waals surface area contributed by atoms with Crippen LogP contribution in [0.3, 0.4) is 0 Å². The molecule has 0 radical (unpaired) electrons. The van der Waals surface area contributed by atoms with Crippen molar-refractivity contribution in [1.29, 1.82) is 5.26 Å². The number of esters is 1. The van der Waals surface area contributed by atoms with E-state index in [0.29, 0.717) is 11.3 Å². The van der Waals surface area contributed by atoms with Gasteiger partial charge in [0.25, 0.3) is 0 Å². The van der Waals surface area contributed by atoms with Crippen LogP contribution in [0.4, 0.5) is 0 Å². The molecule has 0 unspecified atom stereocenters. The third-order valence-corrected chi connectivity index (χ3v) is 1.44. The molecule has 0 saturated heterocycles. The molecule has 0 aliphatic carbocycles. The molecule has 0 heterocycles. The van der Waals surface area contributed by atoms with E-state index < -0.39 is 0 Å². The summed E-state index contributed by atoms with van der Waals surface area (Å²) in [4.78, 5) is 10.6. The van der Waals surface area contributed by atoms with E-state index in [1.54, 1.807) is 12.1 Å². The van der Waals surface area contributed by atoms with E-state index in [4.69, 9.17) is 10.00 Å². The van der Waals surface area contributed by atoms with Crippen LogP contribution in [0, 0.1) is 18.3 Å². The highest BCUT2D eigenvalue weighted by atomic mass is 16.5. The number of hydrogen-bond acceptors (Lipinski definition) is 3. The smallest absolute Gasteiger partial charge is 0.308 e. The molecular formula is C10H9NO2. The Bertz CT molecular complexity index is 377. The standard InChI is InChI=1S/C10H9NO2/c1-7-3-9(6-11)5-10(4-7)13-8(2)12/h3-5H,1-2H3. The second kappa shape index (κ2) is 3.72. The van der Waals surface area contributed by atoms with Gasteiger partial charge in [-0.2, -0.15) is 5.26 Å². The predicted octanol–water partition coefficient (Wildman–Crippen LogP) is 1.79. The summed E-state index contributed by atoms with van der Waals surface area (Å²) >= 11 is 0. The Kier molecular flexibility index (Phi) is 2.65. The van der Waals surface area contributed by atoms with E-state index in [1.807, 2.05) is 13.0 Å². The van der Waals surface area contributed by atoms with E-state index in [2.05, 4.69) is 0 Å². The van der Waals surface area contributed by atoms with Crippen molar-refractivity contribution in [1.82, 2.24) is 0 Å². The Labute approximate surface area is 76.6 Å². The zero-order valence-corrected chi connectivity index (χ0v) is 7.50. The van der Waals surface area contributed by atoms with E-state index >= 15 is 0 Å².